The highest BCUT2D eigenvalue weighted by molar-refractivity contribution is 5.77. The highest BCUT2D eigenvalue weighted by Gasteiger charge is 2.16. The molecular formula is C14H13N3O. The average Bonchev–Trinajstić information content (AvgIpc) is 2.84. The van der Waals surface area contributed by atoms with Gasteiger partial charge in [0.1, 0.15) is 17.7 Å². The zero-order valence-electron chi connectivity index (χ0n) is 10.00. The van der Waals surface area contributed by atoms with Crippen LogP contribution in [0.4, 0.5) is 0 Å². The smallest absolute Gasteiger partial charge is 0.134 e. The molecule has 0 bridgehead atoms. The third kappa shape index (κ3) is 1.87. The fourth-order valence-corrected chi connectivity index (χ4v) is 2.08. The maximum Gasteiger partial charge on any atom is 0.134 e. The predicted octanol–water partition coefficient (Wildman–Crippen LogP) is 2.53. The Bertz CT molecular complexity index is 615. The first-order valence-corrected chi connectivity index (χ1v) is 5.79. The summed E-state index contributed by atoms with van der Waals surface area (Å²) in [7, 11) is 1.89. The second-order valence-corrected chi connectivity index (χ2v) is 4.08. The molecule has 4 heteroatoms. The van der Waals surface area contributed by atoms with Crippen LogP contribution in [0.3, 0.4) is 0 Å². The van der Waals surface area contributed by atoms with Crippen LogP contribution in [0, 0.1) is 0 Å². The number of nitrogens with zero attached hydrogens (tertiary/aromatic N) is 2. The van der Waals surface area contributed by atoms with Crippen LogP contribution in [-0.4, -0.2) is 17.0 Å². The first-order chi connectivity index (χ1) is 8.88. The van der Waals surface area contributed by atoms with E-state index in [1.54, 1.807) is 12.4 Å². The number of aromatic nitrogens is 2. The van der Waals surface area contributed by atoms with Gasteiger partial charge in [0.15, 0.2) is 0 Å². The van der Waals surface area contributed by atoms with Gasteiger partial charge in [0.05, 0.1) is 6.04 Å². The summed E-state index contributed by atoms with van der Waals surface area (Å²) in [6.45, 7) is 0. The summed E-state index contributed by atoms with van der Waals surface area (Å²) in [5, 5.41) is 4.32. The number of nitrogens with one attached hydrogen (secondary N) is 1. The van der Waals surface area contributed by atoms with E-state index in [2.05, 4.69) is 15.3 Å². The van der Waals surface area contributed by atoms with Crippen LogP contribution in [-0.2, 0) is 0 Å². The highest BCUT2D eigenvalue weighted by atomic mass is 16.3. The fraction of sp³-hybridized carbons (Fsp3) is 0.143. The Morgan fingerprint density at radius 1 is 1.17 bits per heavy atom. The zero-order valence-corrected chi connectivity index (χ0v) is 10.00. The minimum Gasteiger partial charge on any atom is -0.459 e. The summed E-state index contributed by atoms with van der Waals surface area (Å²) in [6.07, 6.45) is 5.11. The van der Waals surface area contributed by atoms with Crippen molar-refractivity contribution < 1.29 is 4.42 Å². The van der Waals surface area contributed by atoms with Crippen LogP contribution >= 0.6 is 0 Å². The molecule has 1 aromatic carbocycles. The van der Waals surface area contributed by atoms with Crippen molar-refractivity contribution in [3.05, 3.63) is 60.4 Å². The molecule has 1 atom stereocenters. The maximum absolute atomic E-state index is 5.86. The molecule has 0 aliphatic carbocycles. The van der Waals surface area contributed by atoms with Crippen LogP contribution in [0.2, 0.25) is 0 Å². The Morgan fingerprint density at radius 3 is 2.67 bits per heavy atom. The molecule has 0 fully saturated rings. The number of rotatable bonds is 3. The van der Waals surface area contributed by atoms with E-state index < -0.39 is 0 Å². The van der Waals surface area contributed by atoms with Gasteiger partial charge in [-0.3, -0.25) is 0 Å². The molecule has 3 rings (SSSR count). The molecular weight excluding hydrogens is 226 g/mol. The number of para-hydroxylation sites is 1. The lowest BCUT2D eigenvalue weighted by Gasteiger charge is -2.12. The Morgan fingerprint density at radius 2 is 1.94 bits per heavy atom. The van der Waals surface area contributed by atoms with Crippen LogP contribution in [0.25, 0.3) is 11.0 Å². The van der Waals surface area contributed by atoms with Gasteiger partial charge in [-0.1, -0.05) is 18.2 Å². The standard InChI is InChI=1S/C14H13N3O/c1-15-14(11-7-16-9-17-8-11)13-6-10-4-2-3-5-12(10)18-13/h2-9,14-15H,1H3. The Balaban J connectivity index is 2.06. The molecule has 0 aliphatic heterocycles. The Kier molecular flexibility index (Phi) is 2.78. The van der Waals surface area contributed by atoms with Gasteiger partial charge in [0, 0.05) is 23.3 Å². The normalized spacial score (nSPS) is 12.7. The van der Waals surface area contributed by atoms with Gasteiger partial charge in [-0.2, -0.15) is 0 Å². The molecule has 2 heterocycles. The van der Waals surface area contributed by atoms with Crippen molar-refractivity contribution in [2.75, 3.05) is 7.05 Å². The second kappa shape index (κ2) is 4.58. The second-order valence-electron chi connectivity index (χ2n) is 4.08. The van der Waals surface area contributed by atoms with Crippen molar-refractivity contribution in [2.24, 2.45) is 0 Å². The van der Waals surface area contributed by atoms with Gasteiger partial charge < -0.3 is 9.73 Å². The van der Waals surface area contributed by atoms with E-state index in [0.29, 0.717) is 0 Å². The first-order valence-electron chi connectivity index (χ1n) is 5.79. The third-order valence-electron chi connectivity index (χ3n) is 2.93. The summed E-state index contributed by atoms with van der Waals surface area (Å²) in [5.74, 6) is 0.869. The molecule has 1 N–H and O–H groups in total. The molecule has 1 unspecified atom stereocenters. The first kappa shape index (κ1) is 10.9. The fourth-order valence-electron chi connectivity index (χ4n) is 2.08. The summed E-state index contributed by atoms with van der Waals surface area (Å²) in [6, 6.07) is 9.99. The number of benzene rings is 1. The van der Waals surface area contributed by atoms with Gasteiger partial charge in [0.2, 0.25) is 0 Å². The molecule has 0 amide bonds. The summed E-state index contributed by atoms with van der Waals surface area (Å²) < 4.78 is 5.86. The Labute approximate surface area is 105 Å². The van der Waals surface area contributed by atoms with Crippen LogP contribution in [0.15, 0.2) is 53.5 Å². The number of furan rings is 1. The minimum atomic E-state index is -0.0291. The largest absolute Gasteiger partial charge is 0.459 e. The van der Waals surface area contributed by atoms with Crippen molar-refractivity contribution in [3.8, 4) is 0 Å². The van der Waals surface area contributed by atoms with Gasteiger partial charge in [-0.25, -0.2) is 9.97 Å². The summed E-state index contributed by atoms with van der Waals surface area (Å²) in [5.41, 5.74) is 1.88. The van der Waals surface area contributed by atoms with E-state index in [9.17, 15) is 0 Å². The van der Waals surface area contributed by atoms with E-state index in [1.807, 2.05) is 37.4 Å². The number of fused-ring (bicyclic) bond motifs is 1. The van der Waals surface area contributed by atoms with Crippen molar-refractivity contribution in [3.63, 3.8) is 0 Å². The summed E-state index contributed by atoms with van der Waals surface area (Å²) in [4.78, 5) is 8.08. The summed E-state index contributed by atoms with van der Waals surface area (Å²) >= 11 is 0. The van der Waals surface area contributed by atoms with E-state index in [-0.39, 0.29) is 6.04 Å². The van der Waals surface area contributed by atoms with Crippen molar-refractivity contribution in [1.82, 2.24) is 15.3 Å². The highest BCUT2D eigenvalue weighted by Crippen LogP contribution is 2.27. The SMILES string of the molecule is CNC(c1cncnc1)c1cc2ccccc2o1. The van der Waals surface area contributed by atoms with Crippen LogP contribution in [0.1, 0.15) is 17.4 Å². The van der Waals surface area contributed by atoms with Crippen molar-refractivity contribution in [1.29, 1.82) is 0 Å². The molecule has 0 saturated carbocycles. The molecule has 18 heavy (non-hydrogen) atoms. The van der Waals surface area contributed by atoms with Gasteiger partial charge >= 0.3 is 0 Å². The van der Waals surface area contributed by atoms with Crippen molar-refractivity contribution in [2.45, 2.75) is 6.04 Å². The lowest BCUT2D eigenvalue weighted by atomic mass is 10.1. The predicted molar refractivity (Wildman–Crippen MR) is 69.1 cm³/mol. The molecule has 2 aromatic heterocycles. The zero-order chi connectivity index (χ0) is 12.4. The lowest BCUT2D eigenvalue weighted by Crippen LogP contribution is -2.17. The molecule has 0 spiro atoms. The Hall–Kier alpha value is -2.20. The molecule has 0 saturated heterocycles. The average molecular weight is 239 g/mol. The van der Waals surface area contributed by atoms with Crippen LogP contribution < -0.4 is 5.32 Å². The topological polar surface area (TPSA) is 51.0 Å². The van der Waals surface area contributed by atoms with E-state index >= 15 is 0 Å². The lowest BCUT2D eigenvalue weighted by molar-refractivity contribution is 0.490. The molecule has 0 aliphatic rings. The third-order valence-corrected chi connectivity index (χ3v) is 2.93. The molecule has 90 valence electrons. The molecule has 0 radical (unpaired) electrons. The van der Waals surface area contributed by atoms with Gasteiger partial charge in [0.25, 0.3) is 0 Å². The number of hydrogen-bond acceptors (Lipinski definition) is 4. The quantitative estimate of drug-likeness (QED) is 0.763. The van der Waals surface area contributed by atoms with Gasteiger partial charge in [-0.05, 0) is 19.2 Å². The molecule has 3 aromatic rings. The van der Waals surface area contributed by atoms with E-state index in [4.69, 9.17) is 4.42 Å². The van der Waals surface area contributed by atoms with E-state index in [1.165, 1.54) is 6.33 Å². The maximum atomic E-state index is 5.86. The van der Waals surface area contributed by atoms with E-state index in [0.717, 1.165) is 22.3 Å². The monoisotopic (exact) mass is 239 g/mol. The molecule has 4 nitrogen and oxygen atoms in total. The van der Waals surface area contributed by atoms with Gasteiger partial charge in [-0.15, -0.1) is 0 Å². The minimum absolute atomic E-state index is 0.0291. The van der Waals surface area contributed by atoms with Crippen LogP contribution in [0.5, 0.6) is 0 Å². The van der Waals surface area contributed by atoms with Crippen molar-refractivity contribution >= 4 is 11.0 Å². The number of hydrogen-bond donors (Lipinski definition) is 1.